The molecule has 0 aliphatic rings. The van der Waals surface area contributed by atoms with Gasteiger partial charge in [-0.05, 0) is 23.9 Å². The molecule has 0 aromatic carbocycles. The molecule has 0 fully saturated rings. The lowest BCUT2D eigenvalue weighted by atomic mass is 10.5. The van der Waals surface area contributed by atoms with E-state index in [1.807, 2.05) is 18.2 Å². The number of methoxy groups -OCH3 is 1. The Kier molecular flexibility index (Phi) is 3.16. The third-order valence-corrected chi connectivity index (χ3v) is 2.44. The summed E-state index contributed by atoms with van der Waals surface area (Å²) >= 11 is 1.30. The maximum atomic E-state index is 5.51. The third kappa shape index (κ3) is 2.57. The zero-order chi connectivity index (χ0) is 11.4. The van der Waals surface area contributed by atoms with Crippen LogP contribution in [-0.2, 0) is 0 Å². The molecule has 82 valence electrons. The summed E-state index contributed by atoms with van der Waals surface area (Å²) in [6, 6.07) is 5.78. The second-order valence-corrected chi connectivity index (χ2v) is 3.72. The molecule has 0 spiro atoms. The average molecular weight is 235 g/mol. The number of anilines is 1. The number of hydrogen-bond donors (Lipinski definition) is 1. The highest BCUT2D eigenvalue weighted by Crippen LogP contribution is 2.23. The lowest BCUT2D eigenvalue weighted by molar-refractivity contribution is 0.374. The van der Waals surface area contributed by atoms with Gasteiger partial charge >= 0.3 is 6.01 Å². The first-order valence-electron chi connectivity index (χ1n) is 4.42. The van der Waals surface area contributed by atoms with Gasteiger partial charge in [0.1, 0.15) is 5.03 Å². The number of nitrogens with zero attached hydrogens (tertiary/aromatic N) is 4. The smallest absolute Gasteiger partial charge is 0.321 e. The Morgan fingerprint density at radius 3 is 2.81 bits per heavy atom. The van der Waals surface area contributed by atoms with Crippen molar-refractivity contribution in [1.29, 1.82) is 0 Å². The monoisotopic (exact) mass is 235 g/mol. The molecule has 0 amide bonds. The molecule has 0 unspecified atom stereocenters. The minimum Gasteiger partial charge on any atom is -0.467 e. The highest BCUT2D eigenvalue weighted by Gasteiger charge is 2.06. The van der Waals surface area contributed by atoms with Crippen LogP contribution in [0, 0.1) is 0 Å². The molecule has 2 aromatic rings. The van der Waals surface area contributed by atoms with Crippen LogP contribution in [0.2, 0.25) is 0 Å². The summed E-state index contributed by atoms with van der Waals surface area (Å²) in [4.78, 5) is 16.0. The van der Waals surface area contributed by atoms with E-state index in [-0.39, 0.29) is 12.0 Å². The molecule has 2 rings (SSSR count). The molecule has 2 aromatic heterocycles. The molecule has 0 radical (unpaired) electrons. The fourth-order valence-corrected chi connectivity index (χ4v) is 1.70. The normalized spacial score (nSPS) is 10.1. The van der Waals surface area contributed by atoms with Crippen molar-refractivity contribution in [3.63, 3.8) is 0 Å². The molecule has 0 saturated heterocycles. The van der Waals surface area contributed by atoms with Gasteiger partial charge in [0.25, 0.3) is 0 Å². The van der Waals surface area contributed by atoms with Crippen LogP contribution in [0.25, 0.3) is 0 Å². The van der Waals surface area contributed by atoms with E-state index in [4.69, 9.17) is 10.5 Å². The summed E-state index contributed by atoms with van der Waals surface area (Å²) in [7, 11) is 1.48. The minimum atomic E-state index is 0.130. The highest BCUT2D eigenvalue weighted by atomic mass is 32.2. The van der Waals surface area contributed by atoms with Gasteiger partial charge in [-0.2, -0.15) is 15.0 Å². The second kappa shape index (κ2) is 4.75. The Morgan fingerprint density at radius 2 is 2.12 bits per heavy atom. The van der Waals surface area contributed by atoms with E-state index in [0.717, 1.165) is 5.03 Å². The van der Waals surface area contributed by atoms with Gasteiger partial charge in [0, 0.05) is 6.20 Å². The summed E-state index contributed by atoms with van der Waals surface area (Å²) < 4.78 is 4.90. The van der Waals surface area contributed by atoms with Crippen molar-refractivity contribution < 1.29 is 4.74 Å². The first-order chi connectivity index (χ1) is 7.78. The van der Waals surface area contributed by atoms with Crippen LogP contribution in [0.15, 0.2) is 34.6 Å². The van der Waals surface area contributed by atoms with Gasteiger partial charge in [-0.1, -0.05) is 6.07 Å². The van der Waals surface area contributed by atoms with Crippen LogP contribution < -0.4 is 10.5 Å². The van der Waals surface area contributed by atoms with Crippen molar-refractivity contribution in [1.82, 2.24) is 19.9 Å². The van der Waals surface area contributed by atoms with Crippen molar-refractivity contribution >= 4 is 17.7 Å². The average Bonchev–Trinajstić information content (AvgIpc) is 2.29. The number of hydrogen-bond acceptors (Lipinski definition) is 7. The van der Waals surface area contributed by atoms with Gasteiger partial charge in [-0.3, -0.25) is 0 Å². The summed E-state index contributed by atoms with van der Waals surface area (Å²) in [5.74, 6) is 0.130. The lowest BCUT2D eigenvalue weighted by Crippen LogP contribution is -2.01. The first-order valence-corrected chi connectivity index (χ1v) is 5.24. The molecule has 0 atom stereocenters. The van der Waals surface area contributed by atoms with E-state index in [1.165, 1.54) is 18.9 Å². The third-order valence-electron chi connectivity index (χ3n) is 1.63. The number of aromatic nitrogens is 4. The Morgan fingerprint density at radius 1 is 1.25 bits per heavy atom. The number of ether oxygens (including phenoxy) is 1. The molecule has 0 aliphatic carbocycles. The van der Waals surface area contributed by atoms with Crippen LogP contribution >= 0.6 is 11.8 Å². The SMILES string of the molecule is COc1nc(N)nc(Sc2ccccn2)n1. The quantitative estimate of drug-likeness (QED) is 0.849. The Hall–Kier alpha value is -1.89. The summed E-state index contributed by atoms with van der Waals surface area (Å²) in [6.45, 7) is 0. The minimum absolute atomic E-state index is 0.130. The molecule has 6 nitrogen and oxygen atoms in total. The highest BCUT2D eigenvalue weighted by molar-refractivity contribution is 7.99. The standard InChI is InChI=1S/C9H9N5OS/c1-15-8-12-7(10)13-9(14-8)16-6-4-2-3-5-11-6/h2-5H,1H3,(H2,10,12,13,14). The van der Waals surface area contributed by atoms with Gasteiger partial charge in [-0.25, -0.2) is 4.98 Å². The maximum absolute atomic E-state index is 5.51. The van der Waals surface area contributed by atoms with E-state index < -0.39 is 0 Å². The zero-order valence-electron chi connectivity index (χ0n) is 8.49. The van der Waals surface area contributed by atoms with Gasteiger partial charge in [0.05, 0.1) is 7.11 Å². The lowest BCUT2D eigenvalue weighted by Gasteiger charge is -2.02. The van der Waals surface area contributed by atoms with Crippen LogP contribution in [-0.4, -0.2) is 27.0 Å². The first kappa shape index (κ1) is 10.6. The van der Waals surface area contributed by atoms with Crippen molar-refractivity contribution in [2.24, 2.45) is 0 Å². The molecule has 0 bridgehead atoms. The van der Waals surface area contributed by atoms with E-state index in [0.29, 0.717) is 5.16 Å². The van der Waals surface area contributed by atoms with Gasteiger partial charge in [0.15, 0.2) is 0 Å². The topological polar surface area (TPSA) is 86.8 Å². The fourth-order valence-electron chi connectivity index (χ4n) is 0.991. The van der Waals surface area contributed by atoms with Gasteiger partial charge < -0.3 is 10.5 Å². The van der Waals surface area contributed by atoms with E-state index >= 15 is 0 Å². The number of nitrogen functional groups attached to an aromatic ring is 1. The molecular formula is C9H9N5OS. The molecule has 16 heavy (non-hydrogen) atoms. The number of nitrogens with two attached hydrogens (primary N) is 1. The van der Waals surface area contributed by atoms with Crippen LogP contribution in [0.5, 0.6) is 6.01 Å². The van der Waals surface area contributed by atoms with E-state index in [9.17, 15) is 0 Å². The van der Waals surface area contributed by atoms with Gasteiger partial charge in [0.2, 0.25) is 11.1 Å². The molecule has 2 heterocycles. The Labute approximate surface area is 96.3 Å². The predicted molar refractivity (Wildman–Crippen MR) is 59.2 cm³/mol. The van der Waals surface area contributed by atoms with Crippen molar-refractivity contribution in [2.75, 3.05) is 12.8 Å². The van der Waals surface area contributed by atoms with Crippen molar-refractivity contribution in [3.05, 3.63) is 24.4 Å². The van der Waals surface area contributed by atoms with Crippen LogP contribution in [0.3, 0.4) is 0 Å². The van der Waals surface area contributed by atoms with Crippen molar-refractivity contribution in [2.45, 2.75) is 10.2 Å². The molecule has 7 heteroatoms. The fraction of sp³-hybridized carbons (Fsp3) is 0.111. The Balaban J connectivity index is 2.24. The summed E-state index contributed by atoms with van der Waals surface area (Å²) in [6.07, 6.45) is 1.70. The zero-order valence-corrected chi connectivity index (χ0v) is 9.31. The summed E-state index contributed by atoms with van der Waals surface area (Å²) in [5, 5.41) is 1.25. The number of pyridine rings is 1. The van der Waals surface area contributed by atoms with E-state index in [2.05, 4.69) is 19.9 Å². The molecule has 2 N–H and O–H groups in total. The molecular weight excluding hydrogens is 226 g/mol. The number of rotatable bonds is 3. The van der Waals surface area contributed by atoms with Crippen LogP contribution in [0.4, 0.5) is 5.95 Å². The Bertz CT molecular complexity index is 479. The molecule has 0 aliphatic heterocycles. The second-order valence-electron chi connectivity index (χ2n) is 2.73. The summed E-state index contributed by atoms with van der Waals surface area (Å²) in [5.41, 5.74) is 5.51. The van der Waals surface area contributed by atoms with Gasteiger partial charge in [-0.15, -0.1) is 0 Å². The van der Waals surface area contributed by atoms with E-state index in [1.54, 1.807) is 6.20 Å². The van der Waals surface area contributed by atoms with Crippen molar-refractivity contribution in [3.8, 4) is 6.01 Å². The molecule has 0 saturated carbocycles. The largest absolute Gasteiger partial charge is 0.467 e. The maximum Gasteiger partial charge on any atom is 0.321 e. The van der Waals surface area contributed by atoms with Crippen LogP contribution in [0.1, 0.15) is 0 Å². The predicted octanol–water partition coefficient (Wildman–Crippen LogP) is 1.01.